The molecule has 3 heteroatoms. The SMILES string of the molecule is N[C@@]12CCc3c(cc(Cl)c4ccccc34)[C@@H]1C[C@H](O)C2. The van der Waals surface area contributed by atoms with Crippen LogP contribution in [-0.4, -0.2) is 16.7 Å². The van der Waals surface area contributed by atoms with Gasteiger partial charge < -0.3 is 10.8 Å². The van der Waals surface area contributed by atoms with Crippen molar-refractivity contribution < 1.29 is 5.11 Å². The van der Waals surface area contributed by atoms with Crippen molar-refractivity contribution in [3.8, 4) is 0 Å². The van der Waals surface area contributed by atoms with Gasteiger partial charge in [-0.05, 0) is 48.3 Å². The molecule has 0 saturated heterocycles. The summed E-state index contributed by atoms with van der Waals surface area (Å²) >= 11 is 6.46. The number of fused-ring (bicyclic) bond motifs is 5. The summed E-state index contributed by atoms with van der Waals surface area (Å²) < 4.78 is 0. The van der Waals surface area contributed by atoms with Crippen LogP contribution in [0.3, 0.4) is 0 Å². The Balaban J connectivity index is 1.98. The lowest BCUT2D eigenvalue weighted by molar-refractivity contribution is 0.173. The highest BCUT2D eigenvalue weighted by molar-refractivity contribution is 6.35. The van der Waals surface area contributed by atoms with E-state index in [-0.39, 0.29) is 17.6 Å². The van der Waals surface area contributed by atoms with E-state index in [1.807, 2.05) is 6.07 Å². The summed E-state index contributed by atoms with van der Waals surface area (Å²) in [4.78, 5) is 0. The van der Waals surface area contributed by atoms with Crippen LogP contribution in [0.1, 0.15) is 36.3 Å². The maximum Gasteiger partial charge on any atom is 0.0564 e. The first kappa shape index (κ1) is 12.6. The molecule has 0 heterocycles. The lowest BCUT2D eigenvalue weighted by Gasteiger charge is -2.38. The molecule has 2 aliphatic rings. The number of halogens is 1. The Morgan fingerprint density at radius 1 is 1.25 bits per heavy atom. The first-order valence-electron chi connectivity index (χ1n) is 7.25. The molecule has 1 saturated carbocycles. The average molecular weight is 288 g/mol. The normalized spacial score (nSPS) is 32.1. The smallest absolute Gasteiger partial charge is 0.0564 e. The molecule has 0 bridgehead atoms. The summed E-state index contributed by atoms with van der Waals surface area (Å²) in [5, 5.41) is 13.2. The number of benzene rings is 2. The van der Waals surface area contributed by atoms with Crippen molar-refractivity contribution >= 4 is 22.4 Å². The van der Waals surface area contributed by atoms with Crippen molar-refractivity contribution in [3.63, 3.8) is 0 Å². The Kier molecular flexibility index (Phi) is 2.65. The quantitative estimate of drug-likeness (QED) is 0.780. The largest absolute Gasteiger partial charge is 0.393 e. The van der Waals surface area contributed by atoms with Crippen LogP contribution in [0.25, 0.3) is 10.8 Å². The summed E-state index contributed by atoms with van der Waals surface area (Å²) in [6, 6.07) is 10.4. The minimum absolute atomic E-state index is 0.239. The number of nitrogens with two attached hydrogens (primary N) is 1. The van der Waals surface area contributed by atoms with Gasteiger partial charge in [0.1, 0.15) is 0 Å². The van der Waals surface area contributed by atoms with Crippen LogP contribution in [0.2, 0.25) is 5.02 Å². The molecule has 0 spiro atoms. The molecule has 4 rings (SSSR count). The van der Waals surface area contributed by atoms with E-state index in [0.29, 0.717) is 6.42 Å². The van der Waals surface area contributed by atoms with E-state index in [2.05, 4.69) is 24.3 Å². The highest BCUT2D eigenvalue weighted by Crippen LogP contribution is 2.50. The molecule has 20 heavy (non-hydrogen) atoms. The number of hydrogen-bond acceptors (Lipinski definition) is 2. The Morgan fingerprint density at radius 2 is 2.00 bits per heavy atom. The summed E-state index contributed by atoms with van der Waals surface area (Å²) in [7, 11) is 0. The second-order valence-corrected chi connectivity index (χ2v) is 6.76. The summed E-state index contributed by atoms with van der Waals surface area (Å²) in [6.45, 7) is 0. The predicted octanol–water partition coefficient (Wildman–Crippen LogP) is 3.38. The summed E-state index contributed by atoms with van der Waals surface area (Å²) in [5.41, 5.74) is 8.95. The number of aliphatic hydroxyl groups is 1. The summed E-state index contributed by atoms with van der Waals surface area (Å²) in [5.74, 6) is 0.239. The van der Waals surface area contributed by atoms with E-state index in [4.69, 9.17) is 17.3 Å². The van der Waals surface area contributed by atoms with Crippen LogP contribution in [0.4, 0.5) is 0 Å². The highest BCUT2D eigenvalue weighted by atomic mass is 35.5. The van der Waals surface area contributed by atoms with Crippen LogP contribution in [0.5, 0.6) is 0 Å². The van der Waals surface area contributed by atoms with Crippen molar-refractivity contribution in [1.82, 2.24) is 0 Å². The fourth-order valence-electron chi connectivity index (χ4n) is 4.24. The van der Waals surface area contributed by atoms with Crippen LogP contribution in [-0.2, 0) is 6.42 Å². The fraction of sp³-hybridized carbons (Fsp3) is 0.412. The van der Waals surface area contributed by atoms with E-state index < -0.39 is 0 Å². The fourth-order valence-corrected chi connectivity index (χ4v) is 4.53. The zero-order valence-corrected chi connectivity index (χ0v) is 12.0. The first-order valence-corrected chi connectivity index (χ1v) is 7.63. The second kappa shape index (κ2) is 4.20. The molecule has 3 atom stereocenters. The highest BCUT2D eigenvalue weighted by Gasteiger charge is 2.47. The molecule has 0 amide bonds. The minimum Gasteiger partial charge on any atom is -0.393 e. The van der Waals surface area contributed by atoms with Gasteiger partial charge in [-0.15, -0.1) is 0 Å². The van der Waals surface area contributed by atoms with E-state index in [9.17, 15) is 5.11 Å². The topological polar surface area (TPSA) is 46.2 Å². The van der Waals surface area contributed by atoms with Gasteiger partial charge >= 0.3 is 0 Å². The molecule has 0 aromatic heterocycles. The molecule has 1 fully saturated rings. The molecular weight excluding hydrogens is 270 g/mol. The zero-order chi connectivity index (χ0) is 13.9. The van der Waals surface area contributed by atoms with Crippen molar-refractivity contribution in [2.75, 3.05) is 0 Å². The molecule has 2 aromatic rings. The number of aryl methyl sites for hydroxylation is 1. The molecule has 0 radical (unpaired) electrons. The van der Waals surface area contributed by atoms with Gasteiger partial charge in [-0.25, -0.2) is 0 Å². The van der Waals surface area contributed by atoms with Gasteiger partial charge in [0, 0.05) is 21.9 Å². The Hall–Kier alpha value is -1.09. The van der Waals surface area contributed by atoms with Gasteiger partial charge in [-0.3, -0.25) is 0 Å². The maximum absolute atomic E-state index is 10.0. The lowest BCUT2D eigenvalue weighted by atomic mass is 9.71. The van der Waals surface area contributed by atoms with Gasteiger partial charge in [0.25, 0.3) is 0 Å². The number of rotatable bonds is 0. The van der Waals surface area contributed by atoms with Crippen molar-refractivity contribution in [2.24, 2.45) is 5.73 Å². The Labute approximate surface area is 123 Å². The Bertz CT molecular complexity index is 699. The third-order valence-electron chi connectivity index (χ3n) is 5.17. The second-order valence-electron chi connectivity index (χ2n) is 6.35. The monoisotopic (exact) mass is 287 g/mol. The van der Waals surface area contributed by atoms with E-state index in [0.717, 1.165) is 29.7 Å². The van der Waals surface area contributed by atoms with Gasteiger partial charge in [0.2, 0.25) is 0 Å². The standard InChI is InChI=1S/C17H18ClNO/c18-16-8-14-12(11-3-1-2-4-13(11)16)5-6-17(19)9-10(20)7-15(14)17/h1-4,8,10,15,20H,5-7,9,19H2/t10-,15-,17+/m0/s1. The molecule has 3 N–H and O–H groups in total. The van der Waals surface area contributed by atoms with Crippen molar-refractivity contribution in [3.05, 3.63) is 46.5 Å². The molecule has 2 aliphatic carbocycles. The van der Waals surface area contributed by atoms with Gasteiger partial charge in [-0.1, -0.05) is 35.9 Å². The van der Waals surface area contributed by atoms with Gasteiger partial charge in [-0.2, -0.15) is 0 Å². The van der Waals surface area contributed by atoms with E-state index in [1.54, 1.807) is 0 Å². The molecule has 104 valence electrons. The zero-order valence-electron chi connectivity index (χ0n) is 11.3. The maximum atomic E-state index is 10.0. The van der Waals surface area contributed by atoms with Crippen molar-refractivity contribution in [1.29, 1.82) is 0 Å². The van der Waals surface area contributed by atoms with Crippen LogP contribution >= 0.6 is 11.6 Å². The molecule has 0 aliphatic heterocycles. The third-order valence-corrected chi connectivity index (χ3v) is 5.49. The first-order chi connectivity index (χ1) is 9.58. The van der Waals surface area contributed by atoms with E-state index >= 15 is 0 Å². The predicted molar refractivity (Wildman–Crippen MR) is 82.2 cm³/mol. The molecule has 0 unspecified atom stereocenters. The lowest BCUT2D eigenvalue weighted by Crippen LogP contribution is -2.45. The Morgan fingerprint density at radius 3 is 2.80 bits per heavy atom. The van der Waals surface area contributed by atoms with Gasteiger partial charge in [0.15, 0.2) is 0 Å². The van der Waals surface area contributed by atoms with Crippen LogP contribution in [0.15, 0.2) is 30.3 Å². The molecule has 2 nitrogen and oxygen atoms in total. The van der Waals surface area contributed by atoms with E-state index in [1.165, 1.54) is 16.5 Å². The third kappa shape index (κ3) is 1.65. The number of hydrogen-bond donors (Lipinski definition) is 2. The van der Waals surface area contributed by atoms with Gasteiger partial charge in [0.05, 0.1) is 6.10 Å². The van der Waals surface area contributed by atoms with Crippen molar-refractivity contribution in [2.45, 2.75) is 43.2 Å². The number of aliphatic hydroxyl groups excluding tert-OH is 1. The van der Waals surface area contributed by atoms with Crippen LogP contribution < -0.4 is 5.73 Å². The molecular formula is C17H18ClNO. The minimum atomic E-state index is -0.277. The molecule has 2 aromatic carbocycles. The summed E-state index contributed by atoms with van der Waals surface area (Å²) in [6.07, 6.45) is 3.13. The average Bonchev–Trinajstić information content (AvgIpc) is 2.74. The van der Waals surface area contributed by atoms with Crippen LogP contribution in [0, 0.1) is 0 Å².